The molecule has 0 amide bonds. The summed E-state index contributed by atoms with van der Waals surface area (Å²) in [5, 5.41) is 9.72. The third-order valence-corrected chi connectivity index (χ3v) is 3.64. The summed E-state index contributed by atoms with van der Waals surface area (Å²) in [6.45, 7) is -0.444. The van der Waals surface area contributed by atoms with Crippen molar-refractivity contribution < 1.29 is 12.6 Å². The second-order valence-electron chi connectivity index (χ2n) is 1.81. The van der Waals surface area contributed by atoms with Gasteiger partial charge in [-0.15, -0.1) is 11.3 Å². The second kappa shape index (κ2) is 3.67. The predicted octanol–water partition coefficient (Wildman–Crippen LogP) is 0.977. The fourth-order valence-electron chi connectivity index (χ4n) is 0.568. The van der Waals surface area contributed by atoms with Crippen LogP contribution in [0.2, 0.25) is 0 Å². The highest BCUT2D eigenvalue weighted by molar-refractivity contribution is 7.89. The molecule has 0 aliphatic heterocycles. The molecular formula is C6H5NO3S2. The van der Waals surface area contributed by atoms with Gasteiger partial charge in [0.2, 0.25) is 0 Å². The maximum absolute atomic E-state index is 11.1. The summed E-state index contributed by atoms with van der Waals surface area (Å²) in [4.78, 5) is 0. The van der Waals surface area contributed by atoms with Crippen LogP contribution in [0.4, 0.5) is 0 Å². The standard InChI is InChI=1S/C6H5NO3S2/c7-3-4-10-12(8,9)6-2-1-5-11-6/h1-2,5H,4H2. The van der Waals surface area contributed by atoms with Gasteiger partial charge in [0.1, 0.15) is 4.21 Å². The van der Waals surface area contributed by atoms with Crippen molar-refractivity contribution in [2.45, 2.75) is 4.21 Å². The number of hydrogen-bond acceptors (Lipinski definition) is 5. The minimum Gasteiger partial charge on any atom is -0.250 e. The topological polar surface area (TPSA) is 67.2 Å². The molecule has 0 saturated heterocycles. The Kier molecular flexibility index (Phi) is 2.81. The molecule has 0 radical (unpaired) electrons. The van der Waals surface area contributed by atoms with E-state index in [-0.39, 0.29) is 4.21 Å². The smallest absolute Gasteiger partial charge is 0.250 e. The Morgan fingerprint density at radius 2 is 2.42 bits per heavy atom. The molecule has 0 aliphatic rings. The molecule has 0 aromatic carbocycles. The quantitative estimate of drug-likeness (QED) is 0.687. The van der Waals surface area contributed by atoms with Crippen LogP contribution in [0.1, 0.15) is 0 Å². The van der Waals surface area contributed by atoms with Crippen molar-refractivity contribution in [2.75, 3.05) is 6.61 Å². The van der Waals surface area contributed by atoms with Gasteiger partial charge < -0.3 is 0 Å². The number of rotatable bonds is 3. The molecule has 0 N–H and O–H groups in total. The third-order valence-electron chi connectivity index (χ3n) is 1.02. The number of nitrogens with zero attached hydrogens (tertiary/aromatic N) is 1. The van der Waals surface area contributed by atoms with Crippen molar-refractivity contribution >= 4 is 21.5 Å². The SMILES string of the molecule is N#CCOS(=O)(=O)c1cccs1. The fourth-order valence-corrected chi connectivity index (χ4v) is 2.37. The lowest BCUT2D eigenvalue weighted by Gasteiger charge is -1.96. The van der Waals surface area contributed by atoms with Crippen LogP contribution in [0.5, 0.6) is 0 Å². The second-order valence-corrected chi connectivity index (χ2v) is 4.60. The third kappa shape index (κ3) is 2.04. The van der Waals surface area contributed by atoms with Crippen molar-refractivity contribution in [2.24, 2.45) is 0 Å². The van der Waals surface area contributed by atoms with Crippen LogP contribution < -0.4 is 0 Å². The van der Waals surface area contributed by atoms with Gasteiger partial charge in [-0.25, -0.2) is 0 Å². The first-order chi connectivity index (χ1) is 5.67. The average molecular weight is 203 g/mol. The largest absolute Gasteiger partial charge is 0.307 e. The molecule has 4 nitrogen and oxygen atoms in total. The lowest BCUT2D eigenvalue weighted by atomic mass is 10.7. The molecule has 1 heterocycles. The zero-order valence-electron chi connectivity index (χ0n) is 5.93. The molecular weight excluding hydrogens is 198 g/mol. The zero-order valence-corrected chi connectivity index (χ0v) is 7.56. The highest BCUT2D eigenvalue weighted by Crippen LogP contribution is 2.17. The van der Waals surface area contributed by atoms with Crippen molar-refractivity contribution in [3.63, 3.8) is 0 Å². The minimum atomic E-state index is -3.68. The molecule has 0 aliphatic carbocycles. The van der Waals surface area contributed by atoms with E-state index in [1.165, 1.54) is 6.07 Å². The van der Waals surface area contributed by atoms with Crippen LogP contribution in [-0.2, 0) is 14.3 Å². The van der Waals surface area contributed by atoms with E-state index >= 15 is 0 Å². The maximum atomic E-state index is 11.1. The molecule has 12 heavy (non-hydrogen) atoms. The van der Waals surface area contributed by atoms with Crippen LogP contribution >= 0.6 is 11.3 Å². The van der Waals surface area contributed by atoms with Gasteiger partial charge in [0.15, 0.2) is 6.61 Å². The van der Waals surface area contributed by atoms with Gasteiger partial charge in [0.25, 0.3) is 0 Å². The van der Waals surface area contributed by atoms with E-state index in [1.54, 1.807) is 17.5 Å². The molecule has 0 unspecified atom stereocenters. The van der Waals surface area contributed by atoms with Crippen LogP contribution in [0.3, 0.4) is 0 Å². The lowest BCUT2D eigenvalue weighted by molar-refractivity contribution is 0.363. The van der Waals surface area contributed by atoms with Crippen molar-refractivity contribution in [3.8, 4) is 6.07 Å². The molecule has 0 bridgehead atoms. The van der Waals surface area contributed by atoms with Crippen LogP contribution in [0.25, 0.3) is 0 Å². The van der Waals surface area contributed by atoms with E-state index in [1.807, 2.05) is 0 Å². The van der Waals surface area contributed by atoms with E-state index < -0.39 is 16.7 Å². The Bertz CT molecular complexity index is 373. The molecule has 6 heteroatoms. The minimum absolute atomic E-state index is 0.123. The number of hydrogen-bond donors (Lipinski definition) is 0. The fraction of sp³-hybridized carbons (Fsp3) is 0.167. The Morgan fingerprint density at radius 3 is 2.92 bits per heavy atom. The van der Waals surface area contributed by atoms with Gasteiger partial charge in [0.05, 0.1) is 6.07 Å². The van der Waals surface area contributed by atoms with Gasteiger partial charge in [-0.3, -0.25) is 4.18 Å². The Morgan fingerprint density at radius 1 is 1.67 bits per heavy atom. The lowest BCUT2D eigenvalue weighted by Crippen LogP contribution is -2.04. The van der Waals surface area contributed by atoms with Crippen LogP contribution in [0, 0.1) is 11.3 Å². The number of nitriles is 1. The highest BCUT2D eigenvalue weighted by atomic mass is 32.3. The Balaban J connectivity index is 2.83. The van der Waals surface area contributed by atoms with Crippen LogP contribution in [0.15, 0.2) is 21.7 Å². The first-order valence-corrected chi connectivity index (χ1v) is 5.25. The van der Waals surface area contributed by atoms with Crippen molar-refractivity contribution in [1.82, 2.24) is 0 Å². The van der Waals surface area contributed by atoms with Crippen molar-refractivity contribution in [1.29, 1.82) is 5.26 Å². The summed E-state index contributed by atoms with van der Waals surface area (Å²) in [5.74, 6) is 0. The van der Waals surface area contributed by atoms with Crippen LogP contribution in [-0.4, -0.2) is 15.0 Å². The van der Waals surface area contributed by atoms with E-state index in [0.717, 1.165) is 11.3 Å². The summed E-state index contributed by atoms with van der Waals surface area (Å²) >= 11 is 1.06. The Labute approximate surface area is 74.1 Å². The first-order valence-electron chi connectivity index (χ1n) is 2.97. The predicted molar refractivity (Wildman–Crippen MR) is 43.1 cm³/mol. The summed E-state index contributed by atoms with van der Waals surface area (Å²) in [6, 6.07) is 4.62. The van der Waals surface area contributed by atoms with Gasteiger partial charge in [-0.05, 0) is 11.4 Å². The average Bonchev–Trinajstić information content (AvgIpc) is 2.53. The molecule has 0 fully saturated rings. The van der Waals surface area contributed by atoms with E-state index in [4.69, 9.17) is 5.26 Å². The van der Waals surface area contributed by atoms with Gasteiger partial charge in [-0.2, -0.15) is 13.7 Å². The number of thiophene rings is 1. The monoisotopic (exact) mass is 203 g/mol. The molecule has 64 valence electrons. The normalized spacial score (nSPS) is 10.9. The molecule has 0 atom stereocenters. The Hall–Kier alpha value is -0.900. The molecule has 1 aromatic rings. The van der Waals surface area contributed by atoms with Gasteiger partial charge in [0, 0.05) is 0 Å². The van der Waals surface area contributed by atoms with Crippen molar-refractivity contribution in [3.05, 3.63) is 17.5 Å². The van der Waals surface area contributed by atoms with Gasteiger partial charge >= 0.3 is 10.1 Å². The first kappa shape index (κ1) is 9.19. The molecule has 0 spiro atoms. The van der Waals surface area contributed by atoms with E-state index in [2.05, 4.69) is 4.18 Å². The maximum Gasteiger partial charge on any atom is 0.307 e. The summed E-state index contributed by atoms with van der Waals surface area (Å²) < 4.78 is 26.6. The molecule has 0 saturated carbocycles. The molecule has 1 aromatic heterocycles. The van der Waals surface area contributed by atoms with E-state index in [9.17, 15) is 8.42 Å². The summed E-state index contributed by atoms with van der Waals surface area (Å²) in [7, 11) is -3.68. The van der Waals surface area contributed by atoms with E-state index in [0.29, 0.717) is 0 Å². The summed E-state index contributed by atoms with van der Waals surface area (Å²) in [5.41, 5.74) is 0. The highest BCUT2D eigenvalue weighted by Gasteiger charge is 2.15. The zero-order chi connectivity index (χ0) is 9.03. The van der Waals surface area contributed by atoms with Gasteiger partial charge in [-0.1, -0.05) is 6.07 Å². The summed E-state index contributed by atoms with van der Waals surface area (Å²) in [6.07, 6.45) is 0. The molecule has 1 rings (SSSR count).